The monoisotopic (exact) mass is 484 g/mol. The summed E-state index contributed by atoms with van der Waals surface area (Å²) in [5, 5.41) is 1.03. The molecule has 0 saturated heterocycles. The SMILES string of the molecule is O=C(CCn1cnc2ccc(Br)cc2c1=O)Oc1ccc(Cl)cc1Br. The third-order valence-corrected chi connectivity index (χ3v) is 4.81. The van der Waals surface area contributed by atoms with Crippen molar-refractivity contribution in [3.05, 3.63) is 67.0 Å². The van der Waals surface area contributed by atoms with Crippen molar-refractivity contribution in [3.8, 4) is 5.75 Å². The van der Waals surface area contributed by atoms with E-state index in [0.29, 0.717) is 26.1 Å². The third kappa shape index (κ3) is 4.29. The topological polar surface area (TPSA) is 61.2 Å². The Hall–Kier alpha value is -1.70. The molecule has 0 saturated carbocycles. The summed E-state index contributed by atoms with van der Waals surface area (Å²) in [7, 11) is 0. The highest BCUT2D eigenvalue weighted by Crippen LogP contribution is 2.28. The number of carbonyl (C=O) groups excluding carboxylic acids is 1. The zero-order valence-electron chi connectivity index (χ0n) is 12.7. The van der Waals surface area contributed by atoms with Crippen LogP contribution in [0.5, 0.6) is 5.75 Å². The van der Waals surface area contributed by atoms with E-state index in [9.17, 15) is 9.59 Å². The number of hydrogen-bond donors (Lipinski definition) is 0. The first-order valence-corrected chi connectivity index (χ1v) is 9.21. The Bertz CT molecular complexity index is 1020. The van der Waals surface area contributed by atoms with Crippen molar-refractivity contribution in [3.63, 3.8) is 0 Å². The molecule has 0 amide bonds. The van der Waals surface area contributed by atoms with Crippen LogP contribution in [0.4, 0.5) is 0 Å². The predicted molar refractivity (Wildman–Crippen MR) is 103 cm³/mol. The number of benzene rings is 2. The van der Waals surface area contributed by atoms with Gasteiger partial charge in [-0.2, -0.15) is 0 Å². The Morgan fingerprint density at radius 3 is 2.76 bits per heavy atom. The van der Waals surface area contributed by atoms with E-state index in [0.717, 1.165) is 4.47 Å². The van der Waals surface area contributed by atoms with E-state index in [1.54, 1.807) is 30.3 Å². The average Bonchev–Trinajstić information content (AvgIpc) is 2.57. The fourth-order valence-electron chi connectivity index (χ4n) is 2.23. The van der Waals surface area contributed by atoms with Gasteiger partial charge in [0.25, 0.3) is 5.56 Å². The minimum absolute atomic E-state index is 0.0379. The molecule has 1 heterocycles. The molecule has 1 aromatic heterocycles. The summed E-state index contributed by atoms with van der Waals surface area (Å²) >= 11 is 12.5. The van der Waals surface area contributed by atoms with Gasteiger partial charge in [-0.1, -0.05) is 27.5 Å². The van der Waals surface area contributed by atoms with Crippen LogP contribution in [0.2, 0.25) is 5.02 Å². The standard InChI is InChI=1S/C17H11Br2ClN2O3/c18-10-1-3-14-12(7-10)17(24)22(9-21-14)6-5-16(23)25-15-4-2-11(20)8-13(15)19/h1-4,7-9H,5-6H2. The molecule has 0 aliphatic carbocycles. The number of nitrogens with zero attached hydrogens (tertiary/aromatic N) is 2. The second-order valence-electron chi connectivity index (χ2n) is 5.20. The molecule has 0 N–H and O–H groups in total. The summed E-state index contributed by atoms with van der Waals surface area (Å²) in [6.07, 6.45) is 1.47. The number of aromatic nitrogens is 2. The van der Waals surface area contributed by atoms with E-state index in [2.05, 4.69) is 36.8 Å². The van der Waals surface area contributed by atoms with Crippen molar-refractivity contribution < 1.29 is 9.53 Å². The summed E-state index contributed by atoms with van der Waals surface area (Å²) in [4.78, 5) is 28.7. The number of fused-ring (bicyclic) bond motifs is 1. The summed E-state index contributed by atoms with van der Waals surface area (Å²) in [6.45, 7) is 0.179. The smallest absolute Gasteiger partial charge is 0.313 e. The summed E-state index contributed by atoms with van der Waals surface area (Å²) in [5.41, 5.74) is 0.406. The molecule has 5 nitrogen and oxygen atoms in total. The quantitative estimate of drug-likeness (QED) is 0.400. The van der Waals surface area contributed by atoms with Crippen LogP contribution >= 0.6 is 43.5 Å². The highest BCUT2D eigenvalue weighted by atomic mass is 79.9. The Kier molecular flexibility index (Phi) is 5.56. The van der Waals surface area contributed by atoms with E-state index in [-0.39, 0.29) is 18.5 Å². The molecular weight excluding hydrogens is 475 g/mol. The molecule has 3 aromatic rings. The fraction of sp³-hybridized carbons (Fsp3) is 0.118. The lowest BCUT2D eigenvalue weighted by Gasteiger charge is -2.08. The predicted octanol–water partition coefficient (Wildman–Crippen LogP) is 4.57. The van der Waals surface area contributed by atoms with Crippen molar-refractivity contribution in [1.29, 1.82) is 0 Å². The molecule has 0 bridgehead atoms. The zero-order valence-corrected chi connectivity index (χ0v) is 16.6. The molecule has 8 heteroatoms. The molecule has 0 unspecified atom stereocenters. The molecule has 3 rings (SSSR count). The van der Waals surface area contributed by atoms with Gasteiger partial charge < -0.3 is 4.74 Å². The molecule has 0 aliphatic rings. The van der Waals surface area contributed by atoms with Crippen LogP contribution in [0.3, 0.4) is 0 Å². The Morgan fingerprint density at radius 2 is 2.00 bits per heavy atom. The first kappa shape index (κ1) is 18.1. The van der Waals surface area contributed by atoms with Crippen LogP contribution in [-0.2, 0) is 11.3 Å². The van der Waals surface area contributed by atoms with Crippen molar-refractivity contribution in [2.45, 2.75) is 13.0 Å². The second-order valence-corrected chi connectivity index (χ2v) is 7.41. The largest absolute Gasteiger partial charge is 0.425 e. The fourth-order valence-corrected chi connectivity index (χ4v) is 3.36. The number of halogens is 3. The first-order valence-electron chi connectivity index (χ1n) is 7.24. The van der Waals surface area contributed by atoms with E-state index in [1.165, 1.54) is 10.9 Å². The molecule has 0 fully saturated rings. The van der Waals surface area contributed by atoms with E-state index >= 15 is 0 Å². The summed E-state index contributed by atoms with van der Waals surface area (Å²) < 4.78 is 8.06. The van der Waals surface area contributed by atoms with Gasteiger partial charge >= 0.3 is 5.97 Å². The molecular formula is C17H11Br2ClN2O3. The van der Waals surface area contributed by atoms with Crippen molar-refractivity contribution in [2.75, 3.05) is 0 Å². The van der Waals surface area contributed by atoms with Crippen LogP contribution in [0.25, 0.3) is 10.9 Å². The van der Waals surface area contributed by atoms with Crippen molar-refractivity contribution in [1.82, 2.24) is 9.55 Å². The van der Waals surface area contributed by atoms with Gasteiger partial charge in [-0.25, -0.2) is 4.98 Å². The molecule has 0 radical (unpaired) electrons. The Labute approximate surface area is 164 Å². The van der Waals surface area contributed by atoms with Crippen LogP contribution in [0.1, 0.15) is 6.42 Å². The van der Waals surface area contributed by atoms with E-state index in [4.69, 9.17) is 16.3 Å². The number of aryl methyl sites for hydroxylation is 1. The maximum Gasteiger partial charge on any atom is 0.313 e. The molecule has 2 aromatic carbocycles. The van der Waals surface area contributed by atoms with Gasteiger partial charge in [-0.3, -0.25) is 14.2 Å². The zero-order chi connectivity index (χ0) is 18.0. The summed E-state index contributed by atoms with van der Waals surface area (Å²) in [6, 6.07) is 10.2. The van der Waals surface area contributed by atoms with Gasteiger partial charge in [0.15, 0.2) is 0 Å². The van der Waals surface area contributed by atoms with Crippen molar-refractivity contribution in [2.24, 2.45) is 0 Å². The molecule has 25 heavy (non-hydrogen) atoms. The van der Waals surface area contributed by atoms with Gasteiger partial charge in [0.2, 0.25) is 0 Å². The lowest BCUT2D eigenvalue weighted by atomic mass is 10.2. The van der Waals surface area contributed by atoms with Gasteiger partial charge in [-0.15, -0.1) is 0 Å². The van der Waals surface area contributed by atoms with E-state index in [1.807, 2.05) is 6.07 Å². The summed E-state index contributed by atoms with van der Waals surface area (Å²) in [5.74, 6) is -0.0772. The third-order valence-electron chi connectivity index (χ3n) is 3.46. The minimum atomic E-state index is -0.454. The second kappa shape index (κ2) is 7.68. The molecule has 0 atom stereocenters. The number of rotatable bonds is 4. The highest BCUT2D eigenvalue weighted by molar-refractivity contribution is 9.10. The molecule has 0 spiro atoms. The normalized spacial score (nSPS) is 10.8. The van der Waals surface area contributed by atoms with Gasteiger partial charge in [-0.05, 0) is 52.3 Å². The maximum absolute atomic E-state index is 12.5. The van der Waals surface area contributed by atoms with Gasteiger partial charge in [0.05, 0.1) is 28.1 Å². The van der Waals surface area contributed by atoms with Crippen LogP contribution < -0.4 is 10.3 Å². The maximum atomic E-state index is 12.5. The Morgan fingerprint density at radius 1 is 1.20 bits per heavy atom. The number of ether oxygens (including phenoxy) is 1. The van der Waals surface area contributed by atoms with E-state index < -0.39 is 5.97 Å². The first-order chi connectivity index (χ1) is 11.9. The number of hydrogen-bond acceptors (Lipinski definition) is 4. The van der Waals surface area contributed by atoms with Crippen molar-refractivity contribution >= 4 is 60.3 Å². The molecule has 128 valence electrons. The lowest BCUT2D eigenvalue weighted by Crippen LogP contribution is -2.23. The molecule has 0 aliphatic heterocycles. The van der Waals surface area contributed by atoms with Crippen LogP contribution in [0.15, 0.2) is 56.5 Å². The Balaban J connectivity index is 1.73. The number of carbonyl (C=O) groups is 1. The van der Waals surface area contributed by atoms with Gasteiger partial charge in [0.1, 0.15) is 5.75 Å². The lowest BCUT2D eigenvalue weighted by molar-refractivity contribution is -0.134. The van der Waals surface area contributed by atoms with Crippen LogP contribution in [-0.4, -0.2) is 15.5 Å². The van der Waals surface area contributed by atoms with Gasteiger partial charge in [0, 0.05) is 16.0 Å². The highest BCUT2D eigenvalue weighted by Gasteiger charge is 2.11. The van der Waals surface area contributed by atoms with Crippen LogP contribution in [0, 0.1) is 0 Å². The number of esters is 1. The average molecular weight is 487 g/mol. The minimum Gasteiger partial charge on any atom is -0.425 e.